The molecule has 3 heterocycles. The molecule has 6 nitrogen and oxygen atoms in total. The summed E-state index contributed by atoms with van der Waals surface area (Å²) in [5.41, 5.74) is -0.0981. The summed E-state index contributed by atoms with van der Waals surface area (Å²) in [6.07, 6.45) is 3.22. The fourth-order valence-electron chi connectivity index (χ4n) is 4.26. The van der Waals surface area contributed by atoms with Crippen molar-refractivity contribution in [2.45, 2.75) is 63.5 Å². The number of amides is 2. The first-order valence-corrected chi connectivity index (χ1v) is 9.39. The topological polar surface area (TPSA) is 71.5 Å². The minimum absolute atomic E-state index is 0.136. The van der Waals surface area contributed by atoms with Gasteiger partial charge in [-0.3, -0.25) is 4.79 Å². The summed E-state index contributed by atoms with van der Waals surface area (Å²) in [7, 11) is 0. The van der Waals surface area contributed by atoms with Gasteiger partial charge in [-0.1, -0.05) is 0 Å². The molecule has 1 aromatic rings. The van der Waals surface area contributed by atoms with Crippen molar-refractivity contribution in [1.82, 2.24) is 15.2 Å². The third-order valence-electron chi connectivity index (χ3n) is 5.74. The number of hydrogen-bond acceptors (Lipinski definition) is 5. The summed E-state index contributed by atoms with van der Waals surface area (Å²) in [6, 6.07) is 0. The Morgan fingerprint density at radius 1 is 1.46 bits per heavy atom. The van der Waals surface area contributed by atoms with Crippen LogP contribution in [-0.2, 0) is 16.0 Å². The van der Waals surface area contributed by atoms with Crippen molar-refractivity contribution in [2.24, 2.45) is 0 Å². The molecule has 0 radical (unpaired) electrons. The molecule has 7 heteroatoms. The van der Waals surface area contributed by atoms with Gasteiger partial charge in [0.2, 0.25) is 5.91 Å². The average molecular weight is 349 g/mol. The maximum Gasteiger partial charge on any atom is 0.408 e. The molecule has 1 aromatic heterocycles. The number of likely N-dealkylation sites (tertiary alicyclic amines) is 1. The summed E-state index contributed by atoms with van der Waals surface area (Å²) < 4.78 is 5.61. The van der Waals surface area contributed by atoms with Crippen molar-refractivity contribution in [3.8, 4) is 0 Å². The van der Waals surface area contributed by atoms with Gasteiger partial charge < -0.3 is 15.0 Å². The number of rotatable bonds is 1. The van der Waals surface area contributed by atoms with Crippen molar-refractivity contribution in [3.63, 3.8) is 0 Å². The zero-order valence-electron chi connectivity index (χ0n) is 14.3. The van der Waals surface area contributed by atoms with Gasteiger partial charge in [0.15, 0.2) is 5.60 Å². The van der Waals surface area contributed by atoms with Crippen LogP contribution in [0.4, 0.5) is 4.79 Å². The van der Waals surface area contributed by atoms with Crippen molar-refractivity contribution in [2.75, 3.05) is 13.1 Å². The van der Waals surface area contributed by atoms with Gasteiger partial charge in [0.25, 0.3) is 0 Å². The number of alkyl carbamates (subject to hydrolysis) is 1. The molecule has 2 atom stereocenters. The minimum Gasteiger partial charge on any atom is -0.438 e. The second-order valence-corrected chi connectivity index (χ2v) is 8.92. The highest BCUT2D eigenvalue weighted by Gasteiger charge is 2.59. The first-order valence-electron chi connectivity index (χ1n) is 8.57. The Morgan fingerprint density at radius 2 is 2.25 bits per heavy atom. The predicted molar refractivity (Wildman–Crippen MR) is 90.2 cm³/mol. The lowest BCUT2D eigenvalue weighted by molar-refractivity contribution is -0.133. The molecule has 24 heavy (non-hydrogen) atoms. The lowest BCUT2D eigenvalue weighted by Crippen LogP contribution is -2.54. The Labute approximate surface area is 145 Å². The molecule has 1 aliphatic carbocycles. The Morgan fingerprint density at radius 3 is 2.96 bits per heavy atom. The Balaban J connectivity index is 1.56. The summed E-state index contributed by atoms with van der Waals surface area (Å²) in [5, 5.41) is 3.91. The maximum absolute atomic E-state index is 13.1. The van der Waals surface area contributed by atoms with E-state index in [1.54, 1.807) is 11.3 Å². The second-order valence-electron chi connectivity index (χ2n) is 7.63. The SMILES string of the molecule is Cc1nc2c(s1)CCCC2C(=O)N1CCC2(C1)OC(=O)NC2(C)C. The van der Waals surface area contributed by atoms with E-state index >= 15 is 0 Å². The van der Waals surface area contributed by atoms with E-state index < -0.39 is 11.1 Å². The lowest BCUT2D eigenvalue weighted by Gasteiger charge is -2.34. The van der Waals surface area contributed by atoms with Crippen molar-refractivity contribution in [3.05, 3.63) is 15.6 Å². The third-order valence-corrected chi connectivity index (χ3v) is 6.79. The van der Waals surface area contributed by atoms with Crippen LogP contribution in [0.15, 0.2) is 0 Å². The number of thiazole rings is 1. The van der Waals surface area contributed by atoms with Gasteiger partial charge in [-0.05, 0) is 40.0 Å². The minimum atomic E-state index is -0.616. The molecule has 1 N–H and O–H groups in total. The lowest BCUT2D eigenvalue weighted by atomic mass is 9.83. The van der Waals surface area contributed by atoms with E-state index in [9.17, 15) is 9.59 Å². The number of fused-ring (bicyclic) bond motifs is 1. The van der Waals surface area contributed by atoms with Gasteiger partial charge in [0.05, 0.1) is 28.7 Å². The van der Waals surface area contributed by atoms with E-state index in [4.69, 9.17) is 4.74 Å². The molecule has 130 valence electrons. The molecule has 2 aliphatic heterocycles. The van der Waals surface area contributed by atoms with E-state index in [1.165, 1.54) is 4.88 Å². The number of nitrogens with zero attached hydrogens (tertiary/aromatic N) is 2. The van der Waals surface area contributed by atoms with Crippen LogP contribution in [-0.4, -0.2) is 46.1 Å². The summed E-state index contributed by atoms with van der Waals surface area (Å²) in [6.45, 7) is 7.03. The van der Waals surface area contributed by atoms with Crippen LogP contribution in [0.25, 0.3) is 0 Å². The van der Waals surface area contributed by atoms with E-state index in [0.717, 1.165) is 30.0 Å². The summed E-state index contributed by atoms with van der Waals surface area (Å²) in [5.74, 6) is -0.00102. The van der Waals surface area contributed by atoms with Crippen LogP contribution in [0.1, 0.15) is 54.6 Å². The fourth-order valence-corrected chi connectivity index (χ4v) is 5.30. The van der Waals surface area contributed by atoms with Crippen LogP contribution < -0.4 is 5.32 Å². The van der Waals surface area contributed by atoms with Gasteiger partial charge in [0.1, 0.15) is 0 Å². The highest BCUT2D eigenvalue weighted by Crippen LogP contribution is 2.42. The fraction of sp³-hybridized carbons (Fsp3) is 0.706. The van der Waals surface area contributed by atoms with E-state index in [2.05, 4.69) is 10.3 Å². The molecule has 0 saturated carbocycles. The molecule has 2 amide bonds. The molecule has 0 aromatic carbocycles. The number of carbonyl (C=O) groups excluding carboxylic acids is 2. The molecule has 1 spiro atoms. The molecule has 3 aliphatic rings. The molecule has 4 rings (SSSR count). The highest BCUT2D eigenvalue weighted by molar-refractivity contribution is 7.11. The van der Waals surface area contributed by atoms with E-state index in [-0.39, 0.29) is 17.9 Å². The Kier molecular flexibility index (Phi) is 3.43. The first kappa shape index (κ1) is 15.9. The summed E-state index contributed by atoms with van der Waals surface area (Å²) >= 11 is 1.71. The van der Waals surface area contributed by atoms with Gasteiger partial charge in [-0.25, -0.2) is 9.78 Å². The maximum atomic E-state index is 13.1. The number of nitrogens with one attached hydrogen (secondary N) is 1. The normalized spacial score (nSPS) is 31.0. The largest absolute Gasteiger partial charge is 0.438 e. The van der Waals surface area contributed by atoms with Crippen LogP contribution in [0.2, 0.25) is 0 Å². The molecular weight excluding hydrogens is 326 g/mol. The Bertz CT molecular complexity index is 714. The van der Waals surface area contributed by atoms with E-state index in [0.29, 0.717) is 19.5 Å². The predicted octanol–water partition coefficient (Wildman–Crippen LogP) is 2.36. The zero-order chi connectivity index (χ0) is 17.1. The summed E-state index contributed by atoms with van der Waals surface area (Å²) in [4.78, 5) is 32.6. The number of aromatic nitrogens is 1. The average Bonchev–Trinajstić information content (AvgIpc) is 3.14. The molecule has 2 saturated heterocycles. The quantitative estimate of drug-likeness (QED) is 0.845. The van der Waals surface area contributed by atoms with Crippen molar-refractivity contribution in [1.29, 1.82) is 0 Å². The van der Waals surface area contributed by atoms with Gasteiger partial charge in [-0.2, -0.15) is 0 Å². The van der Waals surface area contributed by atoms with E-state index in [1.807, 2.05) is 25.7 Å². The highest BCUT2D eigenvalue weighted by atomic mass is 32.1. The first-order chi connectivity index (χ1) is 11.3. The zero-order valence-corrected chi connectivity index (χ0v) is 15.2. The van der Waals surface area contributed by atoms with Gasteiger partial charge in [0, 0.05) is 17.8 Å². The number of ether oxygens (including phenoxy) is 1. The molecule has 2 unspecified atom stereocenters. The Hall–Kier alpha value is -1.63. The standard InChI is InChI=1S/C17H23N3O3S/c1-10-18-13-11(5-4-6-12(13)24-10)14(21)20-8-7-17(9-20)16(2,3)19-15(22)23-17/h11H,4-9H2,1-3H3,(H,19,22). The number of hydrogen-bond donors (Lipinski definition) is 1. The van der Waals surface area contributed by atoms with Gasteiger partial charge in [-0.15, -0.1) is 11.3 Å². The smallest absolute Gasteiger partial charge is 0.408 e. The number of aryl methyl sites for hydroxylation is 2. The van der Waals surface area contributed by atoms with Gasteiger partial charge >= 0.3 is 6.09 Å². The molecule has 0 bridgehead atoms. The monoisotopic (exact) mass is 349 g/mol. The molecule has 2 fully saturated rings. The van der Waals surface area contributed by atoms with Crippen LogP contribution in [0.5, 0.6) is 0 Å². The van der Waals surface area contributed by atoms with Crippen LogP contribution in [0.3, 0.4) is 0 Å². The van der Waals surface area contributed by atoms with Crippen molar-refractivity contribution < 1.29 is 14.3 Å². The van der Waals surface area contributed by atoms with Crippen molar-refractivity contribution >= 4 is 23.3 Å². The van der Waals surface area contributed by atoms with Crippen LogP contribution >= 0.6 is 11.3 Å². The van der Waals surface area contributed by atoms with Crippen LogP contribution in [0, 0.1) is 6.92 Å². The number of carbonyl (C=O) groups is 2. The second kappa shape index (κ2) is 5.18. The molecular formula is C17H23N3O3S. The third kappa shape index (κ3) is 2.24.